The third kappa shape index (κ3) is 7.43. The number of phenols is 1. The van der Waals surface area contributed by atoms with Crippen LogP contribution in [0.1, 0.15) is 25.8 Å². The molecule has 40 heavy (non-hydrogen) atoms. The molecule has 5 atom stereocenters. The molecule has 11 nitrogen and oxygen atoms in total. The molecule has 0 aliphatic carbocycles. The Labute approximate surface area is 235 Å². The van der Waals surface area contributed by atoms with Gasteiger partial charge in [-0.2, -0.15) is 4.31 Å². The lowest BCUT2D eigenvalue weighted by Gasteiger charge is -2.31. The Kier molecular flexibility index (Phi) is 9.90. The van der Waals surface area contributed by atoms with E-state index in [0.29, 0.717) is 12.4 Å². The van der Waals surface area contributed by atoms with Gasteiger partial charge in [-0.05, 0) is 60.7 Å². The second-order valence-corrected chi connectivity index (χ2v) is 12.5. The average molecular weight is 579 g/mol. The number of carbonyl (C=O) groups excluding carboxylic acids is 1. The van der Waals surface area contributed by atoms with E-state index < -0.39 is 34.4 Å². The minimum absolute atomic E-state index is 0.0300. The normalized spacial score (nSPS) is 22.2. The molecule has 2 aromatic carbocycles. The van der Waals surface area contributed by atoms with E-state index in [4.69, 9.17) is 18.9 Å². The molecule has 2 saturated heterocycles. The molecule has 2 heterocycles. The third-order valence-corrected chi connectivity index (χ3v) is 8.91. The van der Waals surface area contributed by atoms with Crippen LogP contribution in [0.5, 0.6) is 11.5 Å². The molecule has 2 aliphatic heterocycles. The molecule has 0 radical (unpaired) electrons. The molecule has 2 fully saturated rings. The Balaban J connectivity index is 1.52. The standard InChI is InChI=1S/C28H38N2O9S/c1-18(2)15-30(40(34,35)22-10-8-21(36-3)9-11-22)16-25(32)24(14-19-4-6-20(31)7-5-19)29-28(33)39-26-17-38-27-23(26)12-13-37-27/h4-11,18,23-27,31-32H,12-17H2,1-3H3,(H,29,33)/t23?,24-,25+,26-,27+/m0/s1. The summed E-state index contributed by atoms with van der Waals surface area (Å²) in [5.74, 6) is 0.519. The molecule has 2 aromatic rings. The molecule has 0 aromatic heterocycles. The summed E-state index contributed by atoms with van der Waals surface area (Å²) in [6, 6.07) is 11.5. The summed E-state index contributed by atoms with van der Waals surface area (Å²) in [7, 11) is -2.48. The molecule has 3 N–H and O–H groups in total. The molecule has 0 spiro atoms. The number of benzene rings is 2. The number of rotatable bonds is 12. The van der Waals surface area contributed by atoms with Gasteiger partial charge in [0, 0.05) is 13.1 Å². The number of amides is 1. The maximum atomic E-state index is 13.6. The van der Waals surface area contributed by atoms with E-state index in [9.17, 15) is 23.4 Å². The number of nitrogens with one attached hydrogen (secondary N) is 1. The number of ether oxygens (including phenoxy) is 4. The lowest BCUT2D eigenvalue weighted by atomic mass is 10.0. The van der Waals surface area contributed by atoms with Gasteiger partial charge >= 0.3 is 6.09 Å². The average Bonchev–Trinajstić information content (AvgIpc) is 3.54. The number of methoxy groups -OCH3 is 1. The first-order valence-corrected chi connectivity index (χ1v) is 14.8. The molecule has 1 amide bonds. The van der Waals surface area contributed by atoms with Crippen LogP contribution < -0.4 is 10.1 Å². The van der Waals surface area contributed by atoms with Gasteiger partial charge < -0.3 is 34.5 Å². The van der Waals surface area contributed by atoms with E-state index >= 15 is 0 Å². The van der Waals surface area contributed by atoms with E-state index in [1.54, 1.807) is 24.3 Å². The largest absolute Gasteiger partial charge is 0.508 e. The molecule has 2 aliphatic rings. The van der Waals surface area contributed by atoms with Crippen molar-refractivity contribution in [2.75, 3.05) is 33.4 Å². The number of alkyl carbamates (subject to hydrolysis) is 1. The SMILES string of the molecule is COc1ccc(S(=O)(=O)N(CC(C)C)C[C@@H](O)[C@H](Cc2ccc(O)cc2)NC(=O)O[C@H]2CO[C@H]3OCCC32)cc1. The number of nitrogens with zero attached hydrogens (tertiary/aromatic N) is 1. The molecule has 0 saturated carbocycles. The van der Waals surface area contributed by atoms with Crippen LogP contribution in [0.25, 0.3) is 0 Å². The van der Waals surface area contributed by atoms with E-state index in [1.165, 1.54) is 35.7 Å². The molecule has 0 bridgehead atoms. The van der Waals surface area contributed by atoms with Gasteiger partial charge in [-0.25, -0.2) is 13.2 Å². The van der Waals surface area contributed by atoms with Crippen molar-refractivity contribution in [3.63, 3.8) is 0 Å². The van der Waals surface area contributed by atoms with Gasteiger partial charge in [0.05, 0.1) is 43.3 Å². The van der Waals surface area contributed by atoms with Crippen LogP contribution in [-0.4, -0.2) is 87.0 Å². The zero-order valence-corrected chi connectivity index (χ0v) is 23.7. The predicted octanol–water partition coefficient (Wildman–Crippen LogP) is 2.51. The van der Waals surface area contributed by atoms with Crippen molar-refractivity contribution >= 4 is 16.1 Å². The lowest BCUT2D eigenvalue weighted by molar-refractivity contribution is -0.0907. The van der Waals surface area contributed by atoms with Gasteiger partial charge in [0.15, 0.2) is 6.29 Å². The van der Waals surface area contributed by atoms with Crippen LogP contribution >= 0.6 is 0 Å². The van der Waals surface area contributed by atoms with Crippen LogP contribution in [0.15, 0.2) is 53.4 Å². The number of aliphatic hydroxyl groups excluding tert-OH is 1. The molecule has 4 rings (SSSR count). The van der Waals surface area contributed by atoms with Crippen LogP contribution in [-0.2, 0) is 30.7 Å². The van der Waals surface area contributed by atoms with Crippen LogP contribution in [0.2, 0.25) is 0 Å². The minimum Gasteiger partial charge on any atom is -0.508 e. The highest BCUT2D eigenvalue weighted by molar-refractivity contribution is 7.89. The number of phenolic OH excluding ortho intramolecular Hbond substituents is 1. The van der Waals surface area contributed by atoms with Crippen LogP contribution in [0.4, 0.5) is 4.79 Å². The highest BCUT2D eigenvalue weighted by Crippen LogP contribution is 2.33. The quantitative estimate of drug-likeness (QED) is 0.346. The Morgan fingerprint density at radius 2 is 1.80 bits per heavy atom. The van der Waals surface area contributed by atoms with Crippen molar-refractivity contribution in [3.05, 3.63) is 54.1 Å². The molecule has 220 valence electrons. The van der Waals surface area contributed by atoms with Gasteiger partial charge in [-0.3, -0.25) is 0 Å². The Hall–Kier alpha value is -2.90. The fourth-order valence-electron chi connectivity index (χ4n) is 4.95. The lowest BCUT2D eigenvalue weighted by Crippen LogP contribution is -2.51. The van der Waals surface area contributed by atoms with E-state index in [-0.39, 0.29) is 54.9 Å². The van der Waals surface area contributed by atoms with Crippen molar-refractivity contribution in [3.8, 4) is 11.5 Å². The van der Waals surface area contributed by atoms with Gasteiger partial charge in [-0.1, -0.05) is 26.0 Å². The number of hydrogen-bond donors (Lipinski definition) is 3. The smallest absolute Gasteiger partial charge is 0.407 e. The Morgan fingerprint density at radius 3 is 2.45 bits per heavy atom. The molecular formula is C28H38N2O9S. The van der Waals surface area contributed by atoms with E-state index in [2.05, 4.69) is 5.32 Å². The summed E-state index contributed by atoms with van der Waals surface area (Å²) in [6.07, 6.45) is -2.00. The summed E-state index contributed by atoms with van der Waals surface area (Å²) >= 11 is 0. The van der Waals surface area contributed by atoms with Gasteiger partial charge in [0.25, 0.3) is 0 Å². The fourth-order valence-corrected chi connectivity index (χ4v) is 6.57. The van der Waals surface area contributed by atoms with Crippen LogP contribution in [0, 0.1) is 11.8 Å². The Morgan fingerprint density at radius 1 is 1.10 bits per heavy atom. The first kappa shape index (κ1) is 30.1. The van der Waals surface area contributed by atoms with Gasteiger partial charge in [0.1, 0.15) is 17.6 Å². The first-order chi connectivity index (χ1) is 19.1. The fraction of sp³-hybridized carbons (Fsp3) is 0.536. The zero-order chi connectivity index (χ0) is 28.9. The Bertz CT molecular complexity index is 1220. The maximum absolute atomic E-state index is 13.6. The number of aliphatic hydroxyl groups is 1. The highest BCUT2D eigenvalue weighted by atomic mass is 32.2. The van der Waals surface area contributed by atoms with E-state index in [1.807, 2.05) is 13.8 Å². The van der Waals surface area contributed by atoms with E-state index in [0.717, 1.165) is 12.0 Å². The van der Waals surface area contributed by atoms with Crippen LogP contribution in [0.3, 0.4) is 0 Å². The maximum Gasteiger partial charge on any atom is 0.407 e. The molecule has 1 unspecified atom stereocenters. The monoisotopic (exact) mass is 578 g/mol. The molecule has 12 heteroatoms. The zero-order valence-electron chi connectivity index (χ0n) is 22.9. The molecular weight excluding hydrogens is 540 g/mol. The summed E-state index contributed by atoms with van der Waals surface area (Å²) in [5.41, 5.74) is 0.726. The van der Waals surface area contributed by atoms with Crippen molar-refractivity contribution < 1.29 is 42.4 Å². The summed E-state index contributed by atoms with van der Waals surface area (Å²) in [4.78, 5) is 13.0. The second kappa shape index (κ2) is 13.2. The topological polar surface area (TPSA) is 144 Å². The summed E-state index contributed by atoms with van der Waals surface area (Å²) in [6.45, 7) is 4.42. The second-order valence-electron chi connectivity index (χ2n) is 10.5. The van der Waals surface area contributed by atoms with Gasteiger partial charge in [-0.15, -0.1) is 0 Å². The number of aromatic hydroxyl groups is 1. The summed E-state index contributed by atoms with van der Waals surface area (Å²) < 4.78 is 50.2. The predicted molar refractivity (Wildman–Crippen MR) is 145 cm³/mol. The first-order valence-electron chi connectivity index (χ1n) is 13.4. The number of sulfonamides is 1. The summed E-state index contributed by atoms with van der Waals surface area (Å²) in [5, 5.41) is 23.8. The highest BCUT2D eigenvalue weighted by Gasteiger charge is 2.44. The van der Waals surface area contributed by atoms with Crippen molar-refractivity contribution in [1.29, 1.82) is 0 Å². The van der Waals surface area contributed by atoms with Crippen molar-refractivity contribution in [1.82, 2.24) is 9.62 Å². The third-order valence-electron chi connectivity index (χ3n) is 7.06. The van der Waals surface area contributed by atoms with Gasteiger partial charge in [0.2, 0.25) is 10.0 Å². The number of carbonyl (C=O) groups is 1. The van der Waals surface area contributed by atoms with Crippen molar-refractivity contribution in [2.24, 2.45) is 11.8 Å². The number of hydrogen-bond acceptors (Lipinski definition) is 9. The minimum atomic E-state index is -3.97. The van der Waals surface area contributed by atoms with Crippen molar-refractivity contribution in [2.45, 2.75) is 56.1 Å². The number of fused-ring (bicyclic) bond motifs is 1.